The lowest BCUT2D eigenvalue weighted by molar-refractivity contribution is -0.137. The molecule has 2 aliphatic rings. The second-order valence-corrected chi connectivity index (χ2v) is 8.62. The Morgan fingerprint density at radius 3 is 2.66 bits per heavy atom. The van der Waals surface area contributed by atoms with Gasteiger partial charge in [-0.25, -0.2) is 13.9 Å². The number of aromatic amines is 1. The number of hydrogen-bond acceptors (Lipinski definition) is 4. The quantitative estimate of drug-likeness (QED) is 0.784. The molecular weight excluding hydrogens is 418 g/mol. The van der Waals surface area contributed by atoms with Gasteiger partial charge in [-0.2, -0.15) is 5.10 Å². The van der Waals surface area contributed by atoms with Crippen LogP contribution in [0.15, 0.2) is 23.0 Å². The van der Waals surface area contributed by atoms with E-state index < -0.39 is 17.9 Å². The molecule has 1 saturated heterocycles. The van der Waals surface area contributed by atoms with E-state index in [2.05, 4.69) is 10.2 Å². The molecule has 1 saturated carbocycles. The van der Waals surface area contributed by atoms with Crippen molar-refractivity contribution in [1.29, 1.82) is 0 Å². The van der Waals surface area contributed by atoms with Gasteiger partial charge in [0.25, 0.3) is 11.5 Å². The average molecular weight is 444 g/mol. The molecule has 2 aromatic rings. The molecule has 2 fully saturated rings. The van der Waals surface area contributed by atoms with Crippen molar-refractivity contribution in [3.8, 4) is 0 Å². The zero-order chi connectivity index (χ0) is 23.0. The fourth-order valence-corrected chi connectivity index (χ4v) is 4.49. The lowest BCUT2D eigenvalue weighted by Gasteiger charge is -2.37. The third kappa shape index (κ3) is 4.28. The van der Waals surface area contributed by atoms with Crippen LogP contribution in [0.2, 0.25) is 0 Å². The van der Waals surface area contributed by atoms with E-state index in [-0.39, 0.29) is 36.2 Å². The van der Waals surface area contributed by atoms with Crippen LogP contribution in [-0.2, 0) is 11.2 Å². The number of carbonyl (C=O) groups is 2. The number of H-pyrrole nitrogens is 1. The number of halogens is 2. The van der Waals surface area contributed by atoms with Crippen LogP contribution in [0.4, 0.5) is 8.78 Å². The first kappa shape index (κ1) is 22.1. The molecule has 0 radical (unpaired) electrons. The fraction of sp³-hybridized carbons (Fsp3) is 0.478. The van der Waals surface area contributed by atoms with Crippen LogP contribution >= 0.6 is 0 Å². The van der Waals surface area contributed by atoms with Gasteiger partial charge in [-0.3, -0.25) is 14.4 Å². The zero-order valence-electron chi connectivity index (χ0n) is 18.2. The second kappa shape index (κ2) is 8.80. The molecule has 1 aromatic heterocycles. The highest BCUT2D eigenvalue weighted by molar-refractivity contribution is 5.97. The van der Waals surface area contributed by atoms with Crippen LogP contribution in [0.5, 0.6) is 0 Å². The third-order valence-corrected chi connectivity index (χ3v) is 6.59. The van der Waals surface area contributed by atoms with Crippen LogP contribution in [0.1, 0.15) is 52.0 Å². The summed E-state index contributed by atoms with van der Waals surface area (Å²) in [6.45, 7) is 3.96. The van der Waals surface area contributed by atoms with Gasteiger partial charge >= 0.3 is 0 Å². The number of benzene rings is 1. The van der Waals surface area contributed by atoms with E-state index in [1.807, 2.05) is 0 Å². The topological polar surface area (TPSA) is 86.4 Å². The molecule has 4 rings (SSSR count). The third-order valence-electron chi connectivity index (χ3n) is 6.59. The van der Waals surface area contributed by atoms with Gasteiger partial charge in [0, 0.05) is 31.1 Å². The summed E-state index contributed by atoms with van der Waals surface area (Å²) in [7, 11) is 0. The highest BCUT2D eigenvalue weighted by Crippen LogP contribution is 2.28. The fourth-order valence-electron chi connectivity index (χ4n) is 4.49. The van der Waals surface area contributed by atoms with Crippen molar-refractivity contribution in [1.82, 2.24) is 20.0 Å². The van der Waals surface area contributed by atoms with E-state index in [0.29, 0.717) is 49.0 Å². The Labute approximate surface area is 184 Å². The Morgan fingerprint density at radius 1 is 1.19 bits per heavy atom. The summed E-state index contributed by atoms with van der Waals surface area (Å²) in [4.78, 5) is 40.3. The molecule has 2 heterocycles. The van der Waals surface area contributed by atoms with Gasteiger partial charge in [0.2, 0.25) is 5.91 Å². The molecule has 7 nitrogen and oxygen atoms in total. The molecule has 0 unspecified atom stereocenters. The molecule has 2 amide bonds. The van der Waals surface area contributed by atoms with Crippen LogP contribution in [0.3, 0.4) is 0 Å². The molecule has 1 aromatic carbocycles. The van der Waals surface area contributed by atoms with Gasteiger partial charge in [0.1, 0.15) is 18.5 Å². The lowest BCUT2D eigenvalue weighted by Crippen LogP contribution is -2.55. The van der Waals surface area contributed by atoms with Gasteiger partial charge in [-0.15, -0.1) is 0 Å². The van der Waals surface area contributed by atoms with Crippen LogP contribution in [0, 0.1) is 19.7 Å². The van der Waals surface area contributed by atoms with Crippen LogP contribution < -0.4 is 5.56 Å². The summed E-state index contributed by atoms with van der Waals surface area (Å²) >= 11 is 0. The highest BCUT2D eigenvalue weighted by atomic mass is 19.1. The summed E-state index contributed by atoms with van der Waals surface area (Å²) in [6, 6.07) is 4.16. The number of aromatic nitrogens is 2. The van der Waals surface area contributed by atoms with Gasteiger partial charge in [-0.1, -0.05) is 6.07 Å². The molecule has 1 aliphatic carbocycles. The first-order valence-electron chi connectivity index (χ1n) is 10.8. The normalized spacial score (nSPS) is 21.3. The Balaban J connectivity index is 1.49. The van der Waals surface area contributed by atoms with Crippen LogP contribution in [0.25, 0.3) is 0 Å². The monoisotopic (exact) mass is 444 g/mol. The van der Waals surface area contributed by atoms with Crippen molar-refractivity contribution in [3.05, 3.63) is 62.3 Å². The first-order valence-corrected chi connectivity index (χ1v) is 10.8. The number of rotatable bonds is 4. The van der Waals surface area contributed by atoms with Gasteiger partial charge in [0.15, 0.2) is 0 Å². The van der Waals surface area contributed by atoms with E-state index in [0.717, 1.165) is 5.56 Å². The predicted octanol–water partition coefficient (Wildman–Crippen LogP) is 2.29. The van der Waals surface area contributed by atoms with E-state index in [1.54, 1.807) is 24.8 Å². The summed E-state index contributed by atoms with van der Waals surface area (Å²) in [5, 5.41) is 6.52. The maximum absolute atomic E-state index is 14.5. The molecule has 170 valence electrons. The van der Waals surface area contributed by atoms with E-state index >= 15 is 0 Å². The predicted molar refractivity (Wildman–Crippen MR) is 114 cm³/mol. The summed E-state index contributed by atoms with van der Waals surface area (Å²) in [5.41, 5.74) is 2.25. The number of piperazine rings is 1. The summed E-state index contributed by atoms with van der Waals surface area (Å²) < 4.78 is 28.0. The van der Waals surface area contributed by atoms with Crippen molar-refractivity contribution >= 4 is 11.8 Å². The van der Waals surface area contributed by atoms with Gasteiger partial charge in [0.05, 0.1) is 11.3 Å². The molecule has 1 N–H and O–H groups in total. The maximum Gasteiger partial charge on any atom is 0.267 e. The molecule has 1 aliphatic heterocycles. The number of nitrogens with one attached hydrogen (secondary N) is 1. The smallest absolute Gasteiger partial charge is 0.267 e. The largest absolute Gasteiger partial charge is 0.336 e. The van der Waals surface area contributed by atoms with Gasteiger partial charge in [-0.05, 0) is 56.4 Å². The highest BCUT2D eigenvalue weighted by Gasteiger charge is 2.36. The number of hydrogen-bond donors (Lipinski definition) is 1. The van der Waals surface area contributed by atoms with Crippen molar-refractivity contribution in [2.45, 2.75) is 51.7 Å². The molecule has 0 bridgehead atoms. The van der Waals surface area contributed by atoms with Gasteiger partial charge < -0.3 is 9.80 Å². The van der Waals surface area contributed by atoms with E-state index in [9.17, 15) is 23.2 Å². The second-order valence-electron chi connectivity index (χ2n) is 8.62. The maximum atomic E-state index is 14.5. The summed E-state index contributed by atoms with van der Waals surface area (Å²) in [5.74, 6) is -1.44. The Hall–Kier alpha value is -3.10. The van der Waals surface area contributed by atoms with Crippen molar-refractivity contribution < 1.29 is 18.4 Å². The number of nitrogens with zero attached hydrogens (tertiary/aromatic N) is 3. The van der Waals surface area contributed by atoms with E-state index in [1.165, 1.54) is 17.0 Å². The Kier molecular flexibility index (Phi) is 6.08. The van der Waals surface area contributed by atoms with Crippen molar-refractivity contribution in [2.75, 3.05) is 19.6 Å². The minimum Gasteiger partial charge on any atom is -0.336 e. The Morgan fingerprint density at radius 2 is 1.97 bits per heavy atom. The molecule has 2 atom stereocenters. The minimum atomic E-state index is -0.881. The minimum absolute atomic E-state index is 0.104. The average Bonchev–Trinajstić information content (AvgIpc) is 3.20. The summed E-state index contributed by atoms with van der Waals surface area (Å²) in [6.07, 6.45) is 0.873. The zero-order valence-corrected chi connectivity index (χ0v) is 18.2. The van der Waals surface area contributed by atoms with Crippen LogP contribution in [-0.4, -0.2) is 63.7 Å². The number of carbonyl (C=O) groups excluding carboxylic acids is 2. The molecule has 32 heavy (non-hydrogen) atoms. The Bertz CT molecular complexity index is 1120. The molecule has 0 spiro atoms. The SMILES string of the molecule is Cc1c(Cc2ccc(F)c(C(=O)N3CCN([C@H]4CC[C@@H](F)C4)C(=O)C3)c2)n[nH]c(=O)c1C. The first-order chi connectivity index (χ1) is 15.2. The number of alkyl halides is 1. The lowest BCUT2D eigenvalue weighted by atomic mass is 10.0. The standard InChI is InChI=1S/C23H26F2N4O3/c1-13-14(2)22(31)27-26-20(13)10-15-3-6-19(25)18(9-15)23(32)28-7-8-29(21(30)12-28)17-5-4-16(24)11-17/h3,6,9,16-17H,4-5,7-8,10-12H2,1-2H3,(H,27,31)/t16-,17+/m1/s1. The molecule has 9 heteroatoms. The van der Waals surface area contributed by atoms with Crippen molar-refractivity contribution in [3.63, 3.8) is 0 Å². The van der Waals surface area contributed by atoms with E-state index in [4.69, 9.17) is 0 Å². The van der Waals surface area contributed by atoms with Crippen molar-refractivity contribution in [2.24, 2.45) is 0 Å². The molecular formula is C23H26F2N4O3. The number of amides is 2.